The lowest BCUT2D eigenvalue weighted by Gasteiger charge is -2.19. The van der Waals surface area contributed by atoms with E-state index in [9.17, 15) is 4.79 Å². The van der Waals surface area contributed by atoms with Gasteiger partial charge in [0.05, 0.1) is 12.7 Å². The van der Waals surface area contributed by atoms with Crippen LogP contribution in [0.15, 0.2) is 12.3 Å². The molecule has 0 radical (unpaired) electrons. The van der Waals surface area contributed by atoms with Crippen LogP contribution in [0.25, 0.3) is 0 Å². The number of pyridine rings is 1. The average Bonchev–Trinajstić information content (AvgIpc) is 2.77. The zero-order valence-corrected chi connectivity index (χ0v) is 10.7. The second-order valence-corrected chi connectivity index (χ2v) is 4.66. The van der Waals surface area contributed by atoms with Gasteiger partial charge in [0.2, 0.25) is 0 Å². The van der Waals surface area contributed by atoms with E-state index in [4.69, 9.17) is 10.5 Å². The van der Waals surface area contributed by atoms with Crippen LogP contribution in [0.2, 0.25) is 0 Å². The number of nitrogens with two attached hydrogens (primary N) is 1. The molecule has 0 spiro atoms. The van der Waals surface area contributed by atoms with Crippen molar-refractivity contribution in [2.75, 3.05) is 12.8 Å². The monoisotopic (exact) mass is 250 g/mol. The van der Waals surface area contributed by atoms with Gasteiger partial charge in [-0.15, -0.1) is 0 Å². The molecule has 5 heteroatoms. The summed E-state index contributed by atoms with van der Waals surface area (Å²) >= 11 is 0. The molecule has 0 saturated heterocycles. The largest absolute Gasteiger partial charge is 0.486 e. The molecule has 18 heavy (non-hydrogen) atoms. The van der Waals surface area contributed by atoms with Gasteiger partial charge >= 0.3 is 5.97 Å². The Morgan fingerprint density at radius 2 is 2.28 bits per heavy atom. The number of ether oxygens (including phenoxy) is 2. The number of nitrogen functional groups attached to an aromatic ring is 1. The molecule has 1 heterocycles. The van der Waals surface area contributed by atoms with Crippen molar-refractivity contribution >= 4 is 11.8 Å². The lowest BCUT2D eigenvalue weighted by molar-refractivity contribution is 0.0599. The Balaban J connectivity index is 2.18. The van der Waals surface area contributed by atoms with Gasteiger partial charge < -0.3 is 15.2 Å². The van der Waals surface area contributed by atoms with Crippen molar-refractivity contribution in [3.05, 3.63) is 17.8 Å². The van der Waals surface area contributed by atoms with E-state index in [1.54, 1.807) is 6.07 Å². The van der Waals surface area contributed by atoms with Gasteiger partial charge in [-0.25, -0.2) is 9.78 Å². The van der Waals surface area contributed by atoms with E-state index < -0.39 is 5.97 Å². The molecule has 2 atom stereocenters. The van der Waals surface area contributed by atoms with Gasteiger partial charge in [0.25, 0.3) is 0 Å². The minimum absolute atomic E-state index is 0.155. The maximum absolute atomic E-state index is 11.4. The van der Waals surface area contributed by atoms with Crippen molar-refractivity contribution in [1.82, 2.24) is 4.98 Å². The topological polar surface area (TPSA) is 74.4 Å². The van der Waals surface area contributed by atoms with Gasteiger partial charge in [-0.05, 0) is 25.2 Å². The fourth-order valence-corrected chi connectivity index (χ4v) is 2.23. The Labute approximate surface area is 106 Å². The summed E-state index contributed by atoms with van der Waals surface area (Å²) < 4.78 is 10.5. The number of carbonyl (C=O) groups excluding carboxylic acids is 1. The van der Waals surface area contributed by atoms with E-state index in [-0.39, 0.29) is 6.10 Å². The molecule has 98 valence electrons. The van der Waals surface area contributed by atoms with Crippen LogP contribution in [0.1, 0.15) is 36.5 Å². The maximum atomic E-state index is 11.4. The molecule has 1 aromatic heterocycles. The normalized spacial score (nSPS) is 22.8. The minimum Gasteiger partial charge on any atom is -0.486 e. The quantitative estimate of drug-likeness (QED) is 0.831. The van der Waals surface area contributed by atoms with Crippen LogP contribution in [0.3, 0.4) is 0 Å². The van der Waals surface area contributed by atoms with E-state index >= 15 is 0 Å². The molecular weight excluding hydrogens is 232 g/mol. The molecule has 2 N–H and O–H groups in total. The molecule has 1 aliphatic rings. The molecule has 0 unspecified atom stereocenters. The van der Waals surface area contributed by atoms with E-state index in [2.05, 4.69) is 16.6 Å². The first-order valence-corrected chi connectivity index (χ1v) is 6.12. The summed E-state index contributed by atoms with van der Waals surface area (Å²) in [7, 11) is 1.33. The molecular formula is C13H18N2O3. The third-order valence-electron chi connectivity index (χ3n) is 3.36. The van der Waals surface area contributed by atoms with Crippen molar-refractivity contribution in [1.29, 1.82) is 0 Å². The highest BCUT2D eigenvalue weighted by molar-refractivity contribution is 5.89. The molecule has 5 nitrogen and oxygen atoms in total. The second kappa shape index (κ2) is 5.25. The van der Waals surface area contributed by atoms with Crippen LogP contribution >= 0.6 is 0 Å². The van der Waals surface area contributed by atoms with Crippen molar-refractivity contribution in [3.8, 4) is 5.75 Å². The fourth-order valence-electron chi connectivity index (χ4n) is 2.23. The van der Waals surface area contributed by atoms with Gasteiger partial charge in [0.15, 0.2) is 11.6 Å². The highest BCUT2D eigenvalue weighted by atomic mass is 16.5. The lowest BCUT2D eigenvalue weighted by atomic mass is 10.1. The Morgan fingerprint density at radius 1 is 1.50 bits per heavy atom. The molecule has 0 amide bonds. The Bertz CT molecular complexity index is 448. The molecule has 1 aliphatic carbocycles. The predicted octanol–water partition coefficient (Wildman–Crippen LogP) is 2.02. The first-order valence-electron chi connectivity index (χ1n) is 6.12. The highest BCUT2D eigenvalue weighted by Crippen LogP contribution is 2.31. The Morgan fingerprint density at radius 3 is 2.89 bits per heavy atom. The number of hydrogen-bond donors (Lipinski definition) is 1. The molecule has 0 aromatic carbocycles. The number of anilines is 1. The number of rotatable bonds is 3. The SMILES string of the molecule is COC(=O)c1cnc(N)c(O[C@H]2CCC[C@@H]2C)c1. The van der Waals surface area contributed by atoms with E-state index in [1.165, 1.54) is 13.3 Å². The zero-order valence-electron chi connectivity index (χ0n) is 10.7. The van der Waals surface area contributed by atoms with E-state index in [0.717, 1.165) is 19.3 Å². The van der Waals surface area contributed by atoms with Gasteiger partial charge in [0, 0.05) is 12.3 Å². The summed E-state index contributed by atoms with van der Waals surface area (Å²) in [6.45, 7) is 2.16. The number of nitrogens with zero attached hydrogens (tertiary/aromatic N) is 1. The summed E-state index contributed by atoms with van der Waals surface area (Å²) in [5, 5.41) is 0. The maximum Gasteiger partial charge on any atom is 0.339 e. The van der Waals surface area contributed by atoms with Crippen LogP contribution < -0.4 is 10.5 Å². The van der Waals surface area contributed by atoms with Gasteiger partial charge in [-0.3, -0.25) is 0 Å². The molecule has 1 aromatic rings. The Hall–Kier alpha value is -1.78. The predicted molar refractivity (Wildman–Crippen MR) is 67.4 cm³/mol. The van der Waals surface area contributed by atoms with Crippen LogP contribution in [0, 0.1) is 5.92 Å². The number of esters is 1. The smallest absolute Gasteiger partial charge is 0.339 e. The van der Waals surface area contributed by atoms with Crippen molar-refractivity contribution in [2.45, 2.75) is 32.3 Å². The molecule has 0 bridgehead atoms. The summed E-state index contributed by atoms with van der Waals surface area (Å²) in [4.78, 5) is 15.4. The van der Waals surface area contributed by atoms with E-state index in [0.29, 0.717) is 23.0 Å². The lowest BCUT2D eigenvalue weighted by Crippen LogP contribution is -2.20. The summed E-state index contributed by atoms with van der Waals surface area (Å²) in [5.74, 6) is 0.844. The van der Waals surface area contributed by atoms with Gasteiger partial charge in [-0.1, -0.05) is 6.92 Å². The van der Waals surface area contributed by atoms with Crippen molar-refractivity contribution < 1.29 is 14.3 Å². The number of aromatic nitrogens is 1. The standard InChI is InChI=1S/C13H18N2O3/c1-8-4-3-5-10(8)18-11-6-9(13(16)17-2)7-15-12(11)14/h6-8,10H,3-5H2,1-2H3,(H2,14,15)/t8-,10-/m0/s1. The van der Waals surface area contributed by atoms with Crippen molar-refractivity contribution in [3.63, 3.8) is 0 Å². The highest BCUT2D eigenvalue weighted by Gasteiger charge is 2.26. The first kappa shape index (κ1) is 12.7. The van der Waals surface area contributed by atoms with Crippen LogP contribution in [-0.2, 0) is 4.74 Å². The first-order chi connectivity index (χ1) is 8.61. The minimum atomic E-state index is -0.438. The molecule has 2 rings (SSSR count). The summed E-state index contributed by atoms with van der Waals surface area (Å²) in [6.07, 6.45) is 4.89. The number of carbonyl (C=O) groups is 1. The average molecular weight is 250 g/mol. The van der Waals surface area contributed by atoms with Crippen LogP contribution in [0.5, 0.6) is 5.75 Å². The summed E-state index contributed by atoms with van der Waals surface area (Å²) in [5.41, 5.74) is 6.12. The molecule has 1 fully saturated rings. The molecule has 1 saturated carbocycles. The number of methoxy groups -OCH3 is 1. The molecule has 0 aliphatic heterocycles. The van der Waals surface area contributed by atoms with Crippen LogP contribution in [-0.4, -0.2) is 24.2 Å². The Kier molecular flexibility index (Phi) is 3.69. The van der Waals surface area contributed by atoms with Gasteiger partial charge in [-0.2, -0.15) is 0 Å². The zero-order chi connectivity index (χ0) is 13.1. The third-order valence-corrected chi connectivity index (χ3v) is 3.36. The fraction of sp³-hybridized carbons (Fsp3) is 0.538. The number of hydrogen-bond acceptors (Lipinski definition) is 5. The second-order valence-electron chi connectivity index (χ2n) is 4.66. The van der Waals surface area contributed by atoms with Crippen molar-refractivity contribution in [2.24, 2.45) is 5.92 Å². The van der Waals surface area contributed by atoms with Crippen LogP contribution in [0.4, 0.5) is 5.82 Å². The third kappa shape index (κ3) is 2.55. The summed E-state index contributed by atoms with van der Waals surface area (Å²) in [6, 6.07) is 1.60. The van der Waals surface area contributed by atoms with Gasteiger partial charge in [0.1, 0.15) is 6.10 Å². The van der Waals surface area contributed by atoms with E-state index in [1.807, 2.05) is 0 Å².